The Balaban J connectivity index is 1.14. The molecule has 0 N–H and O–H groups in total. The second kappa shape index (κ2) is 14.6. The van der Waals surface area contributed by atoms with E-state index in [0.717, 1.165) is 65.3 Å². The fourth-order valence-corrected chi connectivity index (χ4v) is 8.91. The third kappa shape index (κ3) is 6.34. The van der Waals surface area contributed by atoms with Crippen LogP contribution in [0.2, 0.25) is 0 Å². The van der Waals surface area contributed by atoms with Crippen LogP contribution >= 0.6 is 0 Å². The molecule has 0 fully saturated rings. The van der Waals surface area contributed by atoms with Gasteiger partial charge in [-0.3, -0.25) is 4.57 Å². The van der Waals surface area contributed by atoms with Gasteiger partial charge in [0, 0.05) is 46.3 Å². The summed E-state index contributed by atoms with van der Waals surface area (Å²) in [5, 5.41) is 7.79. The Morgan fingerprint density at radius 1 is 0.691 bits per heavy atom. The molecule has 8 aromatic rings. The number of pyridine rings is 1. The molecule has 0 aliphatic heterocycles. The Bertz CT molecular complexity index is 2680. The molecule has 5 aromatic carbocycles. The van der Waals surface area contributed by atoms with Crippen LogP contribution in [0, 0.1) is 13.8 Å². The van der Waals surface area contributed by atoms with Crippen molar-refractivity contribution in [2.45, 2.75) is 65.2 Å². The number of rotatable bonds is 9. The number of aryl methyl sites for hydroxylation is 3. The summed E-state index contributed by atoms with van der Waals surface area (Å²) in [6.07, 6.45) is 8.25. The molecule has 5 nitrogen and oxygen atoms in total. The summed E-state index contributed by atoms with van der Waals surface area (Å²) in [6.45, 7) is 8.76. The van der Waals surface area contributed by atoms with Gasteiger partial charge in [-0.25, -0.2) is 9.67 Å². The van der Waals surface area contributed by atoms with Crippen molar-refractivity contribution < 1.29 is 4.74 Å². The second-order valence-electron chi connectivity index (χ2n) is 14.9. The SMILES string of the molecule is CCc1nn(-c2cc(C)cc(Oc3ccc4c5ccccc5n(-c5cc(C)ccn5)c4c3)c2)c(CC)c1C1C(c2ccccc2)=CCC[C@@H]1c1ccccc1. The second-order valence-corrected chi connectivity index (χ2v) is 14.9. The standard InChI is InChI=1S/C50H46N4O/c1-5-44-50(49-40(35-16-9-7-10-17-35)21-15-22-41(49)36-18-11-8-12-19-36)45(6-2)54(52-44)37-28-34(4)29-39(31-37)55-38-24-25-43-42-20-13-14-23-46(42)53(47(43)32-38)48-30-33(3)26-27-51-48/h7-14,16-21,23-32,41,49H,5-6,15,22H2,1-4H3/t41-,49?/m1/s1. The van der Waals surface area contributed by atoms with Gasteiger partial charge in [-0.1, -0.05) is 98.8 Å². The quantitative estimate of drug-likeness (QED) is 0.149. The normalized spacial score (nSPS) is 15.7. The molecule has 272 valence electrons. The minimum absolute atomic E-state index is 0.194. The van der Waals surface area contributed by atoms with Crippen LogP contribution in [-0.2, 0) is 12.8 Å². The molecule has 0 spiro atoms. The molecular weight excluding hydrogens is 673 g/mol. The van der Waals surface area contributed by atoms with Gasteiger partial charge in [0.05, 0.1) is 22.4 Å². The Hall–Kier alpha value is -6.20. The highest BCUT2D eigenvalue weighted by atomic mass is 16.5. The minimum Gasteiger partial charge on any atom is -0.457 e. The van der Waals surface area contributed by atoms with E-state index in [4.69, 9.17) is 14.8 Å². The number of hydrogen-bond acceptors (Lipinski definition) is 3. The van der Waals surface area contributed by atoms with Crippen molar-refractivity contribution in [3.63, 3.8) is 0 Å². The maximum absolute atomic E-state index is 6.76. The first-order valence-corrected chi connectivity index (χ1v) is 19.7. The molecular formula is C50H46N4O. The molecule has 55 heavy (non-hydrogen) atoms. The van der Waals surface area contributed by atoms with Gasteiger partial charge in [-0.2, -0.15) is 5.10 Å². The largest absolute Gasteiger partial charge is 0.457 e. The van der Waals surface area contributed by atoms with E-state index < -0.39 is 0 Å². The first kappa shape index (κ1) is 34.6. The number of fused-ring (bicyclic) bond motifs is 3. The Kier molecular flexibility index (Phi) is 9.15. The molecule has 3 aromatic heterocycles. The summed E-state index contributed by atoms with van der Waals surface area (Å²) in [5.74, 6) is 3.00. The van der Waals surface area contributed by atoms with E-state index in [-0.39, 0.29) is 5.92 Å². The molecule has 0 saturated heterocycles. The Labute approximate surface area is 323 Å². The lowest BCUT2D eigenvalue weighted by Crippen LogP contribution is -2.19. The van der Waals surface area contributed by atoms with Gasteiger partial charge in [0.25, 0.3) is 0 Å². The van der Waals surface area contributed by atoms with Gasteiger partial charge in [-0.05, 0) is 116 Å². The summed E-state index contributed by atoms with van der Waals surface area (Å²) in [7, 11) is 0. The average molecular weight is 719 g/mol. The van der Waals surface area contributed by atoms with Gasteiger partial charge < -0.3 is 4.74 Å². The predicted molar refractivity (Wildman–Crippen MR) is 226 cm³/mol. The van der Waals surface area contributed by atoms with Crippen LogP contribution in [0.5, 0.6) is 11.5 Å². The minimum atomic E-state index is 0.194. The monoisotopic (exact) mass is 718 g/mol. The van der Waals surface area contributed by atoms with Crippen molar-refractivity contribution in [1.82, 2.24) is 19.3 Å². The number of allylic oxidation sites excluding steroid dienone is 2. The van der Waals surface area contributed by atoms with Crippen LogP contribution in [0.4, 0.5) is 0 Å². The third-order valence-electron chi connectivity index (χ3n) is 11.3. The molecule has 1 aliphatic rings. The number of ether oxygens (including phenoxy) is 1. The lowest BCUT2D eigenvalue weighted by Gasteiger charge is -2.34. The van der Waals surface area contributed by atoms with Crippen molar-refractivity contribution in [2.24, 2.45) is 0 Å². The average Bonchev–Trinajstić information content (AvgIpc) is 3.76. The van der Waals surface area contributed by atoms with Gasteiger partial charge >= 0.3 is 0 Å². The zero-order valence-electron chi connectivity index (χ0n) is 32.0. The third-order valence-corrected chi connectivity index (χ3v) is 11.3. The van der Waals surface area contributed by atoms with Crippen LogP contribution in [0.25, 0.3) is 38.9 Å². The molecule has 5 heteroatoms. The van der Waals surface area contributed by atoms with Crippen molar-refractivity contribution in [2.75, 3.05) is 0 Å². The van der Waals surface area contributed by atoms with Crippen molar-refractivity contribution in [3.8, 4) is 23.0 Å². The molecule has 2 atom stereocenters. The van der Waals surface area contributed by atoms with Crippen LogP contribution in [0.15, 0.2) is 146 Å². The van der Waals surface area contributed by atoms with E-state index >= 15 is 0 Å². The fraction of sp³-hybridized carbons (Fsp3) is 0.200. The lowest BCUT2D eigenvalue weighted by atomic mass is 9.69. The summed E-state index contributed by atoms with van der Waals surface area (Å²) in [5.41, 5.74) is 13.4. The number of hydrogen-bond donors (Lipinski definition) is 0. The highest BCUT2D eigenvalue weighted by molar-refractivity contribution is 6.09. The van der Waals surface area contributed by atoms with Crippen molar-refractivity contribution in [1.29, 1.82) is 0 Å². The van der Waals surface area contributed by atoms with E-state index in [1.807, 2.05) is 12.3 Å². The van der Waals surface area contributed by atoms with E-state index in [1.165, 1.54) is 50.0 Å². The molecule has 0 amide bonds. The van der Waals surface area contributed by atoms with Crippen molar-refractivity contribution in [3.05, 3.63) is 185 Å². The van der Waals surface area contributed by atoms with Gasteiger partial charge in [0.1, 0.15) is 17.3 Å². The highest BCUT2D eigenvalue weighted by Crippen LogP contribution is 2.51. The number of aromatic nitrogens is 4. The molecule has 1 aliphatic carbocycles. The zero-order valence-corrected chi connectivity index (χ0v) is 32.0. The van der Waals surface area contributed by atoms with Crippen LogP contribution in [0.3, 0.4) is 0 Å². The highest BCUT2D eigenvalue weighted by Gasteiger charge is 2.36. The predicted octanol–water partition coefficient (Wildman–Crippen LogP) is 12.6. The molecule has 0 radical (unpaired) electrons. The maximum atomic E-state index is 6.76. The summed E-state index contributed by atoms with van der Waals surface area (Å²) < 4.78 is 11.2. The number of para-hydroxylation sites is 1. The first-order valence-electron chi connectivity index (χ1n) is 19.7. The molecule has 1 unspecified atom stereocenters. The Morgan fingerprint density at radius 2 is 1.45 bits per heavy atom. The van der Waals surface area contributed by atoms with Gasteiger partial charge in [-0.15, -0.1) is 0 Å². The van der Waals surface area contributed by atoms with E-state index in [0.29, 0.717) is 5.92 Å². The summed E-state index contributed by atoms with van der Waals surface area (Å²) >= 11 is 0. The fourth-order valence-electron chi connectivity index (χ4n) is 8.91. The maximum Gasteiger partial charge on any atom is 0.137 e. The first-order chi connectivity index (χ1) is 27.0. The van der Waals surface area contributed by atoms with Crippen LogP contribution in [0.1, 0.15) is 77.7 Å². The number of benzene rings is 5. The van der Waals surface area contributed by atoms with Crippen LogP contribution < -0.4 is 4.74 Å². The van der Waals surface area contributed by atoms with E-state index in [9.17, 15) is 0 Å². The topological polar surface area (TPSA) is 44.9 Å². The summed E-state index contributed by atoms with van der Waals surface area (Å²) in [4.78, 5) is 4.77. The van der Waals surface area contributed by atoms with E-state index in [1.54, 1.807) is 0 Å². The zero-order chi connectivity index (χ0) is 37.5. The van der Waals surface area contributed by atoms with Gasteiger partial charge in [0.2, 0.25) is 0 Å². The lowest BCUT2D eigenvalue weighted by molar-refractivity contribution is 0.482. The molecule has 3 heterocycles. The van der Waals surface area contributed by atoms with Crippen molar-refractivity contribution >= 4 is 27.4 Å². The molecule has 0 saturated carbocycles. The van der Waals surface area contributed by atoms with Crippen LogP contribution in [-0.4, -0.2) is 19.3 Å². The number of nitrogens with zero attached hydrogens (tertiary/aromatic N) is 4. The Morgan fingerprint density at radius 3 is 2.24 bits per heavy atom. The molecule has 9 rings (SSSR count). The van der Waals surface area contributed by atoms with E-state index in [2.05, 4.69) is 170 Å². The summed E-state index contributed by atoms with van der Waals surface area (Å²) in [6, 6.07) is 47.7. The van der Waals surface area contributed by atoms with Gasteiger partial charge in [0.15, 0.2) is 0 Å². The molecule has 0 bridgehead atoms. The smallest absolute Gasteiger partial charge is 0.137 e.